The van der Waals surface area contributed by atoms with Crippen molar-refractivity contribution < 1.29 is 9.50 Å². The first-order valence-corrected chi connectivity index (χ1v) is 12.4. The van der Waals surface area contributed by atoms with Gasteiger partial charge in [-0.05, 0) is 50.1 Å². The highest BCUT2D eigenvalue weighted by molar-refractivity contribution is 7.16. The van der Waals surface area contributed by atoms with Gasteiger partial charge in [-0.2, -0.15) is 5.10 Å². The van der Waals surface area contributed by atoms with E-state index in [-0.39, 0.29) is 16.9 Å². The number of hydrogen-bond acceptors (Lipinski definition) is 5. The van der Waals surface area contributed by atoms with Crippen molar-refractivity contribution in [2.45, 2.75) is 26.8 Å². The van der Waals surface area contributed by atoms with Gasteiger partial charge in [0.1, 0.15) is 5.82 Å². The number of aromatic nitrogens is 4. The Morgan fingerprint density at radius 2 is 1.81 bits per heavy atom. The first kappa shape index (κ1) is 23.7. The van der Waals surface area contributed by atoms with Gasteiger partial charge < -0.3 is 5.11 Å². The summed E-state index contributed by atoms with van der Waals surface area (Å²) in [6, 6.07) is 18.0. The number of aryl methyl sites for hydroxylation is 4. The van der Waals surface area contributed by atoms with E-state index in [9.17, 15) is 14.3 Å². The predicted octanol–water partition coefficient (Wildman–Crippen LogP) is 5.74. The third kappa shape index (κ3) is 4.24. The monoisotopic (exact) mass is 500 g/mol. The molecular formula is C28H25FN4O2S. The highest BCUT2D eigenvalue weighted by Gasteiger charge is 2.22. The van der Waals surface area contributed by atoms with Gasteiger partial charge in [-0.1, -0.05) is 36.4 Å². The minimum Gasteiger partial charge on any atom is -0.504 e. The van der Waals surface area contributed by atoms with E-state index in [0.717, 1.165) is 26.6 Å². The van der Waals surface area contributed by atoms with Gasteiger partial charge in [0.05, 0.1) is 22.5 Å². The molecule has 0 unspecified atom stereocenters. The van der Waals surface area contributed by atoms with Gasteiger partial charge in [0.15, 0.2) is 11.6 Å². The van der Waals surface area contributed by atoms with Crippen LogP contribution in [0.2, 0.25) is 0 Å². The molecule has 6 nitrogen and oxygen atoms in total. The van der Waals surface area contributed by atoms with Crippen LogP contribution in [0, 0.1) is 19.7 Å². The van der Waals surface area contributed by atoms with Crippen molar-refractivity contribution in [3.05, 3.63) is 99.2 Å². The molecule has 1 N–H and O–H groups in total. The SMILES string of the molecule is Cc1nc(-c2cccc(F)c2O)n(CCc2ccccc2)c(=O)c1-c1cc(-c2ccnn2C)c(C)s1. The van der Waals surface area contributed by atoms with E-state index in [1.54, 1.807) is 28.4 Å². The number of thiophene rings is 1. The first-order valence-electron chi connectivity index (χ1n) is 11.6. The predicted molar refractivity (Wildman–Crippen MR) is 141 cm³/mol. The molecule has 8 heteroatoms. The molecule has 2 aromatic carbocycles. The van der Waals surface area contributed by atoms with Crippen molar-refractivity contribution in [3.8, 4) is 38.8 Å². The Labute approximate surface area is 212 Å². The maximum absolute atomic E-state index is 14.2. The van der Waals surface area contributed by atoms with Crippen molar-refractivity contribution in [2.24, 2.45) is 7.05 Å². The van der Waals surface area contributed by atoms with Crippen LogP contribution in [0.15, 0.2) is 71.7 Å². The van der Waals surface area contributed by atoms with E-state index in [0.29, 0.717) is 24.2 Å². The molecule has 0 radical (unpaired) electrons. The number of phenolic OH excluding ortho intramolecular Hbond substituents is 1. The van der Waals surface area contributed by atoms with Crippen LogP contribution < -0.4 is 5.56 Å². The van der Waals surface area contributed by atoms with Crippen LogP contribution in [0.5, 0.6) is 5.75 Å². The Morgan fingerprint density at radius 3 is 2.53 bits per heavy atom. The fourth-order valence-electron chi connectivity index (χ4n) is 4.44. The minimum atomic E-state index is -0.757. The first-order chi connectivity index (χ1) is 17.3. The largest absolute Gasteiger partial charge is 0.504 e. The number of rotatable bonds is 6. The quantitative estimate of drug-likeness (QED) is 0.323. The van der Waals surface area contributed by atoms with E-state index in [1.807, 2.05) is 56.4 Å². The molecule has 3 heterocycles. The molecule has 0 aliphatic carbocycles. The molecule has 0 saturated carbocycles. The number of para-hydroxylation sites is 1. The van der Waals surface area contributed by atoms with Crippen LogP contribution >= 0.6 is 11.3 Å². The number of aromatic hydroxyl groups is 1. The van der Waals surface area contributed by atoms with Gasteiger partial charge in [-0.15, -0.1) is 11.3 Å². The lowest BCUT2D eigenvalue weighted by Gasteiger charge is -2.16. The number of hydrogen-bond donors (Lipinski definition) is 1. The normalized spacial score (nSPS) is 11.2. The van der Waals surface area contributed by atoms with Crippen LogP contribution in [0.25, 0.3) is 33.1 Å². The lowest BCUT2D eigenvalue weighted by Crippen LogP contribution is -2.27. The second-order valence-electron chi connectivity index (χ2n) is 8.64. The van der Waals surface area contributed by atoms with E-state index >= 15 is 0 Å². The smallest absolute Gasteiger partial charge is 0.262 e. The zero-order valence-electron chi connectivity index (χ0n) is 20.2. The average Bonchev–Trinajstić information content (AvgIpc) is 3.45. The standard InChI is InChI=1S/C28H25FN4O2S/c1-17-25(24-16-21(18(2)36-24)23-12-14-30-32(23)3)28(35)33(15-13-19-8-5-4-6-9-19)27(31-17)20-10-7-11-22(29)26(20)34/h4-12,14,16,34H,13,15H2,1-3H3. The molecule has 5 aromatic rings. The lowest BCUT2D eigenvalue weighted by molar-refractivity contribution is 0.433. The molecule has 0 spiro atoms. The van der Waals surface area contributed by atoms with Crippen LogP contribution in [-0.4, -0.2) is 24.4 Å². The lowest BCUT2D eigenvalue weighted by atomic mass is 10.1. The van der Waals surface area contributed by atoms with Crippen molar-refractivity contribution >= 4 is 11.3 Å². The second kappa shape index (κ2) is 9.54. The molecule has 0 saturated heterocycles. The van der Waals surface area contributed by atoms with E-state index < -0.39 is 11.6 Å². The number of nitrogens with zero attached hydrogens (tertiary/aromatic N) is 4. The van der Waals surface area contributed by atoms with Gasteiger partial charge >= 0.3 is 0 Å². The van der Waals surface area contributed by atoms with Gasteiger partial charge in [0, 0.05) is 35.1 Å². The third-order valence-electron chi connectivity index (χ3n) is 6.31. The fraction of sp³-hybridized carbons (Fsp3) is 0.179. The summed E-state index contributed by atoms with van der Waals surface area (Å²) in [5, 5.41) is 14.7. The zero-order valence-corrected chi connectivity index (χ0v) is 21.0. The van der Waals surface area contributed by atoms with E-state index in [1.165, 1.54) is 23.5 Å². The molecule has 0 aliphatic rings. The van der Waals surface area contributed by atoms with Crippen LogP contribution in [0.1, 0.15) is 16.1 Å². The molecule has 0 bridgehead atoms. The summed E-state index contributed by atoms with van der Waals surface area (Å²) in [4.78, 5) is 20.6. The molecule has 3 aromatic heterocycles. The molecule has 0 fully saturated rings. The summed E-state index contributed by atoms with van der Waals surface area (Å²) in [5.41, 5.74) is 4.02. The minimum absolute atomic E-state index is 0.188. The van der Waals surface area contributed by atoms with Crippen LogP contribution in [0.4, 0.5) is 4.39 Å². The number of benzene rings is 2. The summed E-state index contributed by atoms with van der Waals surface area (Å²) in [6.45, 7) is 4.12. The number of phenols is 1. The molecule has 36 heavy (non-hydrogen) atoms. The highest BCUT2D eigenvalue weighted by Crippen LogP contribution is 2.37. The Morgan fingerprint density at radius 1 is 1.03 bits per heavy atom. The Bertz CT molecular complexity index is 1620. The average molecular weight is 501 g/mol. The maximum atomic E-state index is 14.2. The Balaban J connectivity index is 1.68. The van der Waals surface area contributed by atoms with Crippen molar-refractivity contribution in [3.63, 3.8) is 0 Å². The van der Waals surface area contributed by atoms with Gasteiger partial charge in [0.2, 0.25) is 0 Å². The fourth-order valence-corrected chi connectivity index (χ4v) is 5.55. The van der Waals surface area contributed by atoms with Crippen molar-refractivity contribution in [1.82, 2.24) is 19.3 Å². The summed E-state index contributed by atoms with van der Waals surface area (Å²) in [5.74, 6) is -1.03. The van der Waals surface area contributed by atoms with E-state index in [4.69, 9.17) is 4.98 Å². The van der Waals surface area contributed by atoms with Crippen LogP contribution in [-0.2, 0) is 20.0 Å². The molecule has 5 rings (SSSR count). The Hall–Kier alpha value is -4.04. The van der Waals surface area contributed by atoms with Crippen LogP contribution in [0.3, 0.4) is 0 Å². The second-order valence-corrected chi connectivity index (χ2v) is 9.90. The summed E-state index contributed by atoms with van der Waals surface area (Å²) in [6.07, 6.45) is 2.33. The zero-order chi connectivity index (χ0) is 25.4. The third-order valence-corrected chi connectivity index (χ3v) is 7.37. The highest BCUT2D eigenvalue weighted by atomic mass is 32.1. The summed E-state index contributed by atoms with van der Waals surface area (Å²) in [7, 11) is 1.88. The van der Waals surface area contributed by atoms with E-state index in [2.05, 4.69) is 5.10 Å². The summed E-state index contributed by atoms with van der Waals surface area (Å²) < 4.78 is 17.6. The molecular weight excluding hydrogens is 475 g/mol. The van der Waals surface area contributed by atoms with Crippen molar-refractivity contribution in [2.75, 3.05) is 0 Å². The maximum Gasteiger partial charge on any atom is 0.262 e. The van der Waals surface area contributed by atoms with Gasteiger partial charge in [-0.25, -0.2) is 9.37 Å². The molecule has 182 valence electrons. The van der Waals surface area contributed by atoms with Gasteiger partial charge in [-0.3, -0.25) is 14.0 Å². The Kier molecular flexibility index (Phi) is 6.28. The topological polar surface area (TPSA) is 72.9 Å². The van der Waals surface area contributed by atoms with Crippen molar-refractivity contribution in [1.29, 1.82) is 0 Å². The molecule has 0 amide bonds. The number of halogens is 1. The molecule has 0 aliphatic heterocycles. The summed E-state index contributed by atoms with van der Waals surface area (Å²) >= 11 is 1.53. The van der Waals surface area contributed by atoms with Gasteiger partial charge in [0.25, 0.3) is 5.56 Å². The molecule has 0 atom stereocenters.